The lowest BCUT2D eigenvalue weighted by molar-refractivity contribution is -0.121. The highest BCUT2D eigenvalue weighted by Gasteiger charge is 2.03. The Morgan fingerprint density at radius 2 is 1.87 bits per heavy atom. The van der Waals surface area contributed by atoms with Crippen molar-refractivity contribution in [2.45, 2.75) is 51.9 Å². The maximum atomic E-state index is 11.7. The summed E-state index contributed by atoms with van der Waals surface area (Å²) in [6.07, 6.45) is 9.06. The van der Waals surface area contributed by atoms with Gasteiger partial charge in [0.15, 0.2) is 0 Å². The quantitative estimate of drug-likeness (QED) is 0.382. The highest BCUT2D eigenvalue weighted by Crippen LogP contribution is 2.22. The van der Waals surface area contributed by atoms with E-state index in [0.717, 1.165) is 18.4 Å². The number of nitrogens with one attached hydrogen (secondary N) is 1. The van der Waals surface area contributed by atoms with Gasteiger partial charge in [-0.2, -0.15) is 5.10 Å². The highest BCUT2D eigenvalue weighted by molar-refractivity contribution is 5.85. The van der Waals surface area contributed by atoms with Crippen molar-refractivity contribution >= 4 is 12.1 Å². The third-order valence-electron chi connectivity index (χ3n) is 3.59. The van der Waals surface area contributed by atoms with E-state index in [2.05, 4.69) is 17.5 Å². The van der Waals surface area contributed by atoms with Crippen LogP contribution >= 0.6 is 0 Å². The van der Waals surface area contributed by atoms with Crippen LogP contribution in [0, 0.1) is 0 Å². The molecule has 5 heteroatoms. The van der Waals surface area contributed by atoms with Gasteiger partial charge < -0.3 is 9.47 Å². The Kier molecular flexibility index (Phi) is 9.52. The molecule has 23 heavy (non-hydrogen) atoms. The Morgan fingerprint density at radius 1 is 1.13 bits per heavy atom. The monoisotopic (exact) mass is 320 g/mol. The first-order valence-corrected chi connectivity index (χ1v) is 8.25. The number of hydrogen-bond donors (Lipinski definition) is 1. The van der Waals surface area contributed by atoms with E-state index in [0.29, 0.717) is 17.9 Å². The summed E-state index contributed by atoms with van der Waals surface area (Å²) in [6, 6.07) is 5.42. The summed E-state index contributed by atoms with van der Waals surface area (Å²) in [6.45, 7) is 2.20. The van der Waals surface area contributed by atoms with Crippen molar-refractivity contribution < 1.29 is 14.3 Å². The SMILES string of the molecule is CCCCCCCCC(=O)NN=Cc1cc(OC)ccc1OC. The number of rotatable bonds is 11. The van der Waals surface area contributed by atoms with Crippen molar-refractivity contribution in [1.82, 2.24) is 5.43 Å². The fourth-order valence-corrected chi connectivity index (χ4v) is 2.24. The fraction of sp³-hybridized carbons (Fsp3) is 0.556. The lowest BCUT2D eigenvalue weighted by atomic mass is 10.1. The Morgan fingerprint density at radius 3 is 2.57 bits per heavy atom. The molecule has 1 amide bonds. The number of hydrogen-bond acceptors (Lipinski definition) is 4. The van der Waals surface area contributed by atoms with Crippen molar-refractivity contribution in [3.63, 3.8) is 0 Å². The Hall–Kier alpha value is -2.04. The van der Waals surface area contributed by atoms with Gasteiger partial charge >= 0.3 is 0 Å². The van der Waals surface area contributed by atoms with Gasteiger partial charge in [-0.3, -0.25) is 4.79 Å². The highest BCUT2D eigenvalue weighted by atomic mass is 16.5. The van der Waals surface area contributed by atoms with Crippen LogP contribution in [-0.4, -0.2) is 26.3 Å². The maximum absolute atomic E-state index is 11.7. The average molecular weight is 320 g/mol. The Bertz CT molecular complexity index is 501. The van der Waals surface area contributed by atoms with E-state index in [1.165, 1.54) is 25.7 Å². The molecule has 0 aliphatic heterocycles. The molecule has 0 fully saturated rings. The Labute approximate surface area is 139 Å². The molecule has 0 radical (unpaired) electrons. The third kappa shape index (κ3) is 7.68. The zero-order chi connectivity index (χ0) is 16.9. The van der Waals surface area contributed by atoms with Gasteiger partial charge in [-0.15, -0.1) is 0 Å². The van der Waals surface area contributed by atoms with Gasteiger partial charge in [0.25, 0.3) is 0 Å². The second-order valence-electron chi connectivity index (χ2n) is 5.42. The van der Waals surface area contributed by atoms with E-state index in [4.69, 9.17) is 9.47 Å². The maximum Gasteiger partial charge on any atom is 0.240 e. The van der Waals surface area contributed by atoms with Gasteiger partial charge in [-0.25, -0.2) is 5.43 Å². The van der Waals surface area contributed by atoms with E-state index in [-0.39, 0.29) is 5.91 Å². The second-order valence-corrected chi connectivity index (χ2v) is 5.42. The number of ether oxygens (including phenoxy) is 2. The number of benzene rings is 1. The first kappa shape index (κ1) is 19.0. The van der Waals surface area contributed by atoms with Crippen LogP contribution in [0.5, 0.6) is 11.5 Å². The number of carbonyl (C=O) groups excluding carboxylic acids is 1. The number of methoxy groups -OCH3 is 2. The van der Waals surface area contributed by atoms with E-state index >= 15 is 0 Å². The van der Waals surface area contributed by atoms with Crippen molar-refractivity contribution in [1.29, 1.82) is 0 Å². The third-order valence-corrected chi connectivity index (χ3v) is 3.59. The number of nitrogens with zero attached hydrogens (tertiary/aromatic N) is 1. The van der Waals surface area contributed by atoms with Gasteiger partial charge in [0.2, 0.25) is 5.91 Å². The fourth-order valence-electron chi connectivity index (χ4n) is 2.24. The molecule has 0 aromatic heterocycles. The van der Waals surface area contributed by atoms with Crippen molar-refractivity contribution in [2.75, 3.05) is 14.2 Å². The Balaban J connectivity index is 2.36. The first-order chi connectivity index (χ1) is 11.2. The topological polar surface area (TPSA) is 59.9 Å². The number of amides is 1. The van der Waals surface area contributed by atoms with Gasteiger partial charge in [-0.05, 0) is 24.6 Å². The molecule has 1 aromatic rings. The van der Waals surface area contributed by atoms with Crippen LogP contribution in [0.15, 0.2) is 23.3 Å². The molecule has 0 spiro atoms. The predicted molar refractivity (Wildman–Crippen MR) is 93.3 cm³/mol. The molecule has 1 rings (SSSR count). The summed E-state index contributed by atoms with van der Waals surface area (Å²) in [5, 5.41) is 3.99. The van der Waals surface area contributed by atoms with E-state index < -0.39 is 0 Å². The summed E-state index contributed by atoms with van der Waals surface area (Å²) in [4.78, 5) is 11.7. The minimum atomic E-state index is -0.0568. The summed E-state index contributed by atoms with van der Waals surface area (Å²) >= 11 is 0. The molecule has 0 atom stereocenters. The number of hydrazone groups is 1. The molecule has 1 N–H and O–H groups in total. The zero-order valence-corrected chi connectivity index (χ0v) is 14.4. The molecular weight excluding hydrogens is 292 g/mol. The number of carbonyl (C=O) groups is 1. The van der Waals surface area contributed by atoms with Crippen LogP contribution < -0.4 is 14.9 Å². The predicted octanol–water partition coefficient (Wildman–Crippen LogP) is 3.90. The normalized spacial score (nSPS) is 10.7. The lowest BCUT2D eigenvalue weighted by Gasteiger charge is -2.06. The molecule has 0 heterocycles. The standard InChI is InChI=1S/C18H28N2O3/c1-4-5-6-7-8-9-10-18(21)20-19-14-15-13-16(22-2)11-12-17(15)23-3/h11-14H,4-10H2,1-3H3,(H,20,21). The van der Waals surface area contributed by atoms with Crippen LogP contribution in [0.25, 0.3) is 0 Å². The molecule has 0 aliphatic rings. The van der Waals surface area contributed by atoms with Crippen molar-refractivity contribution in [3.8, 4) is 11.5 Å². The van der Waals surface area contributed by atoms with Crippen LogP contribution in [0.4, 0.5) is 0 Å². The molecule has 0 unspecified atom stereocenters. The minimum Gasteiger partial charge on any atom is -0.497 e. The van der Waals surface area contributed by atoms with E-state index in [9.17, 15) is 4.79 Å². The van der Waals surface area contributed by atoms with Gasteiger partial charge in [-0.1, -0.05) is 39.0 Å². The zero-order valence-electron chi connectivity index (χ0n) is 14.4. The summed E-state index contributed by atoms with van der Waals surface area (Å²) in [5.74, 6) is 1.34. The largest absolute Gasteiger partial charge is 0.497 e. The van der Waals surface area contributed by atoms with Crippen LogP contribution in [0.2, 0.25) is 0 Å². The lowest BCUT2D eigenvalue weighted by Crippen LogP contribution is -2.17. The van der Waals surface area contributed by atoms with Crippen molar-refractivity contribution in [3.05, 3.63) is 23.8 Å². The summed E-state index contributed by atoms with van der Waals surface area (Å²) in [5.41, 5.74) is 3.31. The molecule has 0 aliphatic carbocycles. The van der Waals surface area contributed by atoms with Crippen LogP contribution in [0.1, 0.15) is 57.4 Å². The average Bonchev–Trinajstić information content (AvgIpc) is 2.57. The minimum absolute atomic E-state index is 0.0568. The van der Waals surface area contributed by atoms with E-state index in [1.807, 2.05) is 12.1 Å². The molecular formula is C18H28N2O3. The molecule has 0 saturated carbocycles. The first-order valence-electron chi connectivity index (χ1n) is 8.25. The van der Waals surface area contributed by atoms with E-state index in [1.54, 1.807) is 26.5 Å². The second kappa shape index (κ2) is 11.5. The molecule has 0 bridgehead atoms. The number of unbranched alkanes of at least 4 members (excludes halogenated alkanes) is 5. The van der Waals surface area contributed by atoms with Crippen LogP contribution in [-0.2, 0) is 4.79 Å². The van der Waals surface area contributed by atoms with Gasteiger partial charge in [0.05, 0.1) is 20.4 Å². The molecule has 128 valence electrons. The van der Waals surface area contributed by atoms with Crippen LogP contribution in [0.3, 0.4) is 0 Å². The molecule has 1 aromatic carbocycles. The summed E-state index contributed by atoms with van der Waals surface area (Å²) < 4.78 is 10.4. The van der Waals surface area contributed by atoms with Gasteiger partial charge in [0, 0.05) is 12.0 Å². The smallest absolute Gasteiger partial charge is 0.240 e. The molecule has 5 nitrogen and oxygen atoms in total. The summed E-state index contributed by atoms with van der Waals surface area (Å²) in [7, 11) is 3.20. The molecule has 0 saturated heterocycles. The van der Waals surface area contributed by atoms with Crippen molar-refractivity contribution in [2.24, 2.45) is 5.10 Å². The van der Waals surface area contributed by atoms with Gasteiger partial charge in [0.1, 0.15) is 11.5 Å².